The topological polar surface area (TPSA) is 90.2 Å². The van der Waals surface area contributed by atoms with E-state index in [2.05, 4.69) is 15.3 Å². The van der Waals surface area contributed by atoms with Crippen LogP contribution >= 0.6 is 0 Å². The Balaban J connectivity index is 2.20. The first-order chi connectivity index (χ1) is 9.11. The van der Waals surface area contributed by atoms with Crippen LogP contribution in [0.25, 0.3) is 0 Å². The van der Waals surface area contributed by atoms with Gasteiger partial charge in [-0.2, -0.15) is 4.98 Å². The van der Waals surface area contributed by atoms with Gasteiger partial charge >= 0.3 is 5.69 Å². The summed E-state index contributed by atoms with van der Waals surface area (Å²) in [6.45, 7) is 2.07. The van der Waals surface area contributed by atoms with Crippen LogP contribution in [0.5, 0.6) is 5.88 Å². The lowest BCUT2D eigenvalue weighted by molar-refractivity contribution is -0.387. The summed E-state index contributed by atoms with van der Waals surface area (Å²) < 4.78 is 5.57. The average Bonchev–Trinajstić information content (AvgIpc) is 2.88. The second-order valence-corrected chi connectivity index (χ2v) is 4.75. The molecule has 19 heavy (non-hydrogen) atoms. The van der Waals surface area contributed by atoms with Crippen LogP contribution in [0.4, 0.5) is 11.6 Å². The molecule has 1 saturated carbocycles. The van der Waals surface area contributed by atoms with E-state index in [9.17, 15) is 10.1 Å². The lowest BCUT2D eigenvalue weighted by Crippen LogP contribution is -2.12. The van der Waals surface area contributed by atoms with E-state index in [4.69, 9.17) is 4.74 Å². The molecule has 1 aliphatic carbocycles. The van der Waals surface area contributed by atoms with Gasteiger partial charge in [0.15, 0.2) is 0 Å². The summed E-state index contributed by atoms with van der Waals surface area (Å²) in [5.41, 5.74) is 0.169. The molecule has 1 fully saturated rings. The maximum absolute atomic E-state index is 11.1. The van der Waals surface area contributed by atoms with Gasteiger partial charge in [0.2, 0.25) is 5.95 Å². The van der Waals surface area contributed by atoms with Gasteiger partial charge in [0.25, 0.3) is 5.88 Å². The number of hydrogen-bond donors (Lipinski definition) is 1. The molecule has 1 aromatic rings. The molecule has 0 saturated heterocycles. The van der Waals surface area contributed by atoms with E-state index in [0.29, 0.717) is 24.2 Å². The molecule has 0 unspecified atom stereocenters. The van der Waals surface area contributed by atoms with Gasteiger partial charge in [-0.15, -0.1) is 0 Å². The number of hydrogen-bond acceptors (Lipinski definition) is 6. The summed E-state index contributed by atoms with van der Waals surface area (Å²) in [4.78, 5) is 18.6. The zero-order valence-corrected chi connectivity index (χ0v) is 11.2. The number of nitrogens with zero attached hydrogens (tertiary/aromatic N) is 3. The Bertz CT molecular complexity index is 472. The predicted molar refractivity (Wildman–Crippen MR) is 70.4 cm³/mol. The highest BCUT2D eigenvalue weighted by molar-refractivity contribution is 5.48. The normalized spacial score (nSPS) is 15.5. The van der Waals surface area contributed by atoms with E-state index in [-0.39, 0.29) is 11.6 Å². The van der Waals surface area contributed by atoms with Crippen molar-refractivity contribution in [1.82, 2.24) is 9.97 Å². The van der Waals surface area contributed by atoms with Crippen molar-refractivity contribution < 1.29 is 9.66 Å². The second kappa shape index (κ2) is 5.81. The Morgan fingerprint density at radius 1 is 1.42 bits per heavy atom. The molecule has 1 aliphatic rings. The molecule has 1 heterocycles. The van der Waals surface area contributed by atoms with Crippen molar-refractivity contribution in [2.75, 3.05) is 19.0 Å². The van der Waals surface area contributed by atoms with Crippen LogP contribution in [0.2, 0.25) is 0 Å². The van der Waals surface area contributed by atoms with E-state index < -0.39 is 4.92 Å². The fourth-order valence-corrected chi connectivity index (χ4v) is 2.34. The molecular formula is C12H18N4O3. The molecule has 0 spiro atoms. The highest BCUT2D eigenvalue weighted by Gasteiger charge is 2.25. The molecule has 2 rings (SSSR count). The third-order valence-electron chi connectivity index (χ3n) is 3.36. The van der Waals surface area contributed by atoms with E-state index in [1.54, 1.807) is 14.0 Å². The minimum atomic E-state index is -0.487. The third-order valence-corrected chi connectivity index (χ3v) is 3.36. The number of nitrogens with one attached hydrogen (secondary N) is 1. The van der Waals surface area contributed by atoms with Crippen molar-refractivity contribution in [3.8, 4) is 5.88 Å². The van der Waals surface area contributed by atoms with E-state index in [1.165, 1.54) is 12.8 Å². The first-order valence-electron chi connectivity index (χ1n) is 6.45. The fourth-order valence-electron chi connectivity index (χ4n) is 2.34. The van der Waals surface area contributed by atoms with Crippen molar-refractivity contribution in [1.29, 1.82) is 0 Å². The molecule has 0 radical (unpaired) electrons. The van der Waals surface area contributed by atoms with Gasteiger partial charge in [-0.25, -0.2) is 4.98 Å². The molecule has 7 nitrogen and oxygen atoms in total. The molecule has 0 amide bonds. The van der Waals surface area contributed by atoms with Gasteiger partial charge < -0.3 is 10.1 Å². The highest BCUT2D eigenvalue weighted by Crippen LogP contribution is 2.31. The maximum Gasteiger partial charge on any atom is 0.352 e. The Kier molecular flexibility index (Phi) is 4.13. The lowest BCUT2D eigenvalue weighted by atomic mass is 10.1. The van der Waals surface area contributed by atoms with Crippen molar-refractivity contribution in [2.24, 2.45) is 5.92 Å². The van der Waals surface area contributed by atoms with Crippen LogP contribution < -0.4 is 10.1 Å². The molecule has 104 valence electrons. The van der Waals surface area contributed by atoms with Crippen molar-refractivity contribution in [3.63, 3.8) is 0 Å². The monoisotopic (exact) mass is 266 g/mol. The summed E-state index contributed by atoms with van der Waals surface area (Å²) in [6.07, 6.45) is 4.66. The maximum atomic E-state index is 11.1. The molecule has 0 bridgehead atoms. The van der Waals surface area contributed by atoms with Gasteiger partial charge in [0.05, 0.1) is 11.5 Å². The predicted octanol–water partition coefficient (Wildman–Crippen LogP) is 2.30. The zero-order valence-electron chi connectivity index (χ0n) is 11.2. The first kappa shape index (κ1) is 13.5. The third kappa shape index (κ3) is 3.10. The van der Waals surface area contributed by atoms with Crippen molar-refractivity contribution >= 4 is 11.6 Å². The van der Waals surface area contributed by atoms with Crippen LogP contribution in [-0.2, 0) is 0 Å². The van der Waals surface area contributed by atoms with Crippen LogP contribution in [0, 0.1) is 23.0 Å². The van der Waals surface area contributed by atoms with Gasteiger partial charge in [0, 0.05) is 7.05 Å². The quantitative estimate of drug-likeness (QED) is 0.649. The number of anilines is 1. The largest absolute Gasteiger partial charge is 0.472 e. The standard InChI is InChI=1S/C12H18N4O3/c1-8-10(16(17)18)11(15-12(13-2)14-8)19-7-9-5-3-4-6-9/h9H,3-7H2,1-2H3,(H,13,14,15). The van der Waals surface area contributed by atoms with Crippen LogP contribution in [0.1, 0.15) is 31.4 Å². The van der Waals surface area contributed by atoms with Crippen molar-refractivity contribution in [2.45, 2.75) is 32.6 Å². The molecule has 0 aliphatic heterocycles. The number of rotatable bonds is 5. The lowest BCUT2D eigenvalue weighted by Gasteiger charge is -2.12. The summed E-state index contributed by atoms with van der Waals surface area (Å²) in [5, 5.41) is 13.8. The van der Waals surface area contributed by atoms with Crippen LogP contribution in [0.3, 0.4) is 0 Å². The minimum absolute atomic E-state index is 0.0637. The minimum Gasteiger partial charge on any atom is -0.472 e. The number of ether oxygens (including phenoxy) is 1. The molecule has 1 aromatic heterocycles. The number of aromatic nitrogens is 2. The number of nitro groups is 1. The van der Waals surface area contributed by atoms with Crippen LogP contribution in [0.15, 0.2) is 0 Å². The Hall–Kier alpha value is -1.92. The molecule has 1 N–H and O–H groups in total. The smallest absolute Gasteiger partial charge is 0.352 e. The SMILES string of the molecule is CNc1nc(C)c([N+](=O)[O-])c(OCC2CCCC2)n1. The summed E-state index contributed by atoms with van der Waals surface area (Å²) in [5.74, 6) is 0.881. The fraction of sp³-hybridized carbons (Fsp3) is 0.667. The van der Waals surface area contributed by atoms with Crippen LogP contribution in [-0.4, -0.2) is 28.5 Å². The second-order valence-electron chi connectivity index (χ2n) is 4.75. The van der Waals surface area contributed by atoms with Gasteiger partial charge in [0.1, 0.15) is 5.69 Å². The number of aryl methyl sites for hydroxylation is 1. The molecule has 7 heteroatoms. The molecule has 0 aromatic carbocycles. The van der Waals surface area contributed by atoms with E-state index in [1.807, 2.05) is 0 Å². The van der Waals surface area contributed by atoms with Gasteiger partial charge in [-0.3, -0.25) is 10.1 Å². The first-order valence-corrected chi connectivity index (χ1v) is 6.45. The zero-order chi connectivity index (χ0) is 13.8. The Morgan fingerprint density at radius 3 is 2.68 bits per heavy atom. The average molecular weight is 266 g/mol. The van der Waals surface area contributed by atoms with E-state index in [0.717, 1.165) is 12.8 Å². The summed E-state index contributed by atoms with van der Waals surface area (Å²) in [6, 6.07) is 0. The Labute approximate surface area is 111 Å². The Morgan fingerprint density at radius 2 is 2.11 bits per heavy atom. The summed E-state index contributed by atoms with van der Waals surface area (Å²) in [7, 11) is 1.67. The highest BCUT2D eigenvalue weighted by atomic mass is 16.6. The molecule has 0 atom stereocenters. The molecular weight excluding hydrogens is 248 g/mol. The van der Waals surface area contributed by atoms with E-state index >= 15 is 0 Å². The van der Waals surface area contributed by atoms with Crippen molar-refractivity contribution in [3.05, 3.63) is 15.8 Å². The van der Waals surface area contributed by atoms with Gasteiger partial charge in [-0.1, -0.05) is 12.8 Å². The van der Waals surface area contributed by atoms with Gasteiger partial charge in [-0.05, 0) is 25.7 Å². The summed E-state index contributed by atoms with van der Waals surface area (Å²) >= 11 is 0.